The summed E-state index contributed by atoms with van der Waals surface area (Å²) in [5, 5.41) is 11.7. The fourth-order valence-electron chi connectivity index (χ4n) is 1.67. The molecule has 0 spiro atoms. The molecule has 14 heavy (non-hydrogen) atoms. The number of nitrogens with two attached hydrogens (primary N) is 1. The summed E-state index contributed by atoms with van der Waals surface area (Å²) in [6.07, 6.45) is 2.65. The lowest BCUT2D eigenvalue weighted by Gasteiger charge is -2.31. The highest BCUT2D eigenvalue weighted by Crippen LogP contribution is 2.30. The largest absolute Gasteiger partial charge is 0.409 e. The molecule has 1 aliphatic carbocycles. The van der Waals surface area contributed by atoms with Crippen LogP contribution in [0.3, 0.4) is 0 Å². The molecule has 0 radical (unpaired) electrons. The average molecular weight is 199 g/mol. The molecule has 1 fully saturated rings. The van der Waals surface area contributed by atoms with E-state index < -0.39 is 0 Å². The van der Waals surface area contributed by atoms with Gasteiger partial charge >= 0.3 is 0 Å². The molecule has 0 aromatic rings. The highest BCUT2D eigenvalue weighted by atomic mass is 16.4. The highest BCUT2D eigenvalue weighted by Gasteiger charge is 2.29. The quantitative estimate of drug-likeness (QED) is 0.303. The van der Waals surface area contributed by atoms with E-state index in [4.69, 9.17) is 10.9 Å². The first-order valence-corrected chi connectivity index (χ1v) is 5.29. The Labute approximate surface area is 85.8 Å². The van der Waals surface area contributed by atoms with Crippen LogP contribution in [-0.4, -0.2) is 34.6 Å². The lowest BCUT2D eigenvalue weighted by molar-refractivity contribution is 0.188. The maximum absolute atomic E-state index is 8.62. The Morgan fingerprint density at radius 2 is 2.07 bits per heavy atom. The Kier molecular flexibility index (Phi) is 3.75. The van der Waals surface area contributed by atoms with Gasteiger partial charge in [0.05, 0.1) is 6.04 Å². The topological polar surface area (TPSA) is 61.8 Å². The lowest BCUT2D eigenvalue weighted by Crippen LogP contribution is -2.47. The zero-order valence-corrected chi connectivity index (χ0v) is 9.27. The first kappa shape index (κ1) is 11.3. The molecule has 0 aliphatic heterocycles. The van der Waals surface area contributed by atoms with Crippen LogP contribution in [0.2, 0.25) is 0 Å². The van der Waals surface area contributed by atoms with Crippen molar-refractivity contribution in [1.29, 1.82) is 0 Å². The lowest BCUT2D eigenvalue weighted by atomic mass is 10.2. The zero-order chi connectivity index (χ0) is 10.7. The zero-order valence-electron chi connectivity index (χ0n) is 9.27. The third-order valence-corrected chi connectivity index (χ3v) is 2.87. The number of hydrogen-bond acceptors (Lipinski definition) is 3. The molecule has 0 amide bonds. The smallest absolute Gasteiger partial charge is 0.156 e. The van der Waals surface area contributed by atoms with E-state index in [0.29, 0.717) is 11.9 Å². The van der Waals surface area contributed by atoms with E-state index in [0.717, 1.165) is 12.5 Å². The Bertz CT molecular complexity index is 211. The summed E-state index contributed by atoms with van der Waals surface area (Å²) in [5.41, 5.74) is 5.61. The van der Waals surface area contributed by atoms with Gasteiger partial charge in [-0.05, 0) is 39.5 Å². The van der Waals surface area contributed by atoms with Crippen LogP contribution < -0.4 is 5.73 Å². The molecule has 4 nitrogen and oxygen atoms in total. The minimum absolute atomic E-state index is 0.0283. The fraction of sp³-hybridized carbons (Fsp3) is 0.900. The Balaban J connectivity index is 2.55. The number of nitrogens with zero attached hydrogens (tertiary/aromatic N) is 2. The molecule has 0 bridgehead atoms. The fourth-order valence-corrected chi connectivity index (χ4v) is 1.67. The minimum atomic E-state index is 0.0283. The van der Waals surface area contributed by atoms with Crippen molar-refractivity contribution >= 4 is 5.84 Å². The van der Waals surface area contributed by atoms with Crippen LogP contribution in [0, 0.1) is 5.92 Å². The molecule has 1 unspecified atom stereocenters. The van der Waals surface area contributed by atoms with E-state index in [2.05, 4.69) is 23.9 Å². The number of oxime groups is 1. The molecule has 0 aromatic carbocycles. The number of amidine groups is 1. The van der Waals surface area contributed by atoms with Gasteiger partial charge in [0.15, 0.2) is 5.84 Å². The summed E-state index contributed by atoms with van der Waals surface area (Å²) in [7, 11) is 0. The van der Waals surface area contributed by atoms with Crippen molar-refractivity contribution in [3.63, 3.8) is 0 Å². The maximum atomic E-state index is 8.62. The van der Waals surface area contributed by atoms with Gasteiger partial charge in [-0.25, -0.2) is 0 Å². The Hall–Kier alpha value is -0.770. The summed E-state index contributed by atoms with van der Waals surface area (Å²) >= 11 is 0. The average Bonchev–Trinajstić information content (AvgIpc) is 2.95. The van der Waals surface area contributed by atoms with Crippen molar-refractivity contribution < 1.29 is 5.21 Å². The first-order chi connectivity index (χ1) is 6.56. The monoisotopic (exact) mass is 199 g/mol. The van der Waals surface area contributed by atoms with Gasteiger partial charge in [-0.3, -0.25) is 4.90 Å². The normalized spacial score (nSPS) is 20.5. The first-order valence-electron chi connectivity index (χ1n) is 5.29. The SMILES string of the molecule is CC(C)N(CC1CC1)C(C)C(N)=NO. The summed E-state index contributed by atoms with van der Waals surface area (Å²) in [6, 6.07) is 0.464. The van der Waals surface area contributed by atoms with E-state index >= 15 is 0 Å². The van der Waals surface area contributed by atoms with E-state index in [9.17, 15) is 0 Å². The molecule has 0 aromatic heterocycles. The van der Waals surface area contributed by atoms with E-state index in [1.54, 1.807) is 0 Å². The molecule has 82 valence electrons. The summed E-state index contributed by atoms with van der Waals surface area (Å²) < 4.78 is 0. The predicted molar refractivity (Wildman–Crippen MR) is 57.4 cm³/mol. The molecule has 1 atom stereocenters. The van der Waals surface area contributed by atoms with Crippen LogP contribution in [0.25, 0.3) is 0 Å². The van der Waals surface area contributed by atoms with E-state index in [1.165, 1.54) is 12.8 Å². The Morgan fingerprint density at radius 1 is 1.50 bits per heavy atom. The predicted octanol–water partition coefficient (Wildman–Crippen LogP) is 1.24. The molecule has 0 heterocycles. The van der Waals surface area contributed by atoms with Crippen molar-refractivity contribution in [3.05, 3.63) is 0 Å². The van der Waals surface area contributed by atoms with Gasteiger partial charge in [0.2, 0.25) is 0 Å². The molecule has 1 rings (SSSR count). The van der Waals surface area contributed by atoms with Gasteiger partial charge in [0.1, 0.15) is 0 Å². The van der Waals surface area contributed by atoms with Crippen molar-refractivity contribution in [2.24, 2.45) is 16.8 Å². The van der Waals surface area contributed by atoms with Gasteiger partial charge in [-0.15, -0.1) is 0 Å². The number of hydrogen-bond donors (Lipinski definition) is 2. The van der Waals surface area contributed by atoms with Crippen molar-refractivity contribution in [2.45, 2.75) is 45.7 Å². The van der Waals surface area contributed by atoms with Gasteiger partial charge in [0, 0.05) is 12.6 Å². The Morgan fingerprint density at radius 3 is 2.43 bits per heavy atom. The van der Waals surface area contributed by atoms with Gasteiger partial charge in [-0.1, -0.05) is 5.16 Å². The second-order valence-corrected chi connectivity index (χ2v) is 4.43. The standard InChI is InChI=1S/C10H21N3O/c1-7(2)13(6-9-4-5-9)8(3)10(11)12-14/h7-9,14H,4-6H2,1-3H3,(H2,11,12). The van der Waals surface area contributed by atoms with Crippen LogP contribution in [0.1, 0.15) is 33.6 Å². The molecule has 4 heteroatoms. The summed E-state index contributed by atoms with van der Waals surface area (Å²) in [5.74, 6) is 1.13. The van der Waals surface area contributed by atoms with Gasteiger partial charge in [-0.2, -0.15) is 0 Å². The van der Waals surface area contributed by atoms with Crippen LogP contribution in [0.15, 0.2) is 5.16 Å². The van der Waals surface area contributed by atoms with E-state index in [1.807, 2.05) is 6.92 Å². The maximum Gasteiger partial charge on any atom is 0.156 e. The van der Waals surface area contributed by atoms with Crippen molar-refractivity contribution in [2.75, 3.05) is 6.54 Å². The third-order valence-electron chi connectivity index (χ3n) is 2.87. The second kappa shape index (κ2) is 4.64. The van der Waals surface area contributed by atoms with Crippen molar-refractivity contribution in [3.8, 4) is 0 Å². The summed E-state index contributed by atoms with van der Waals surface area (Å²) in [6.45, 7) is 7.33. The highest BCUT2D eigenvalue weighted by molar-refractivity contribution is 5.84. The van der Waals surface area contributed by atoms with Gasteiger partial charge < -0.3 is 10.9 Å². The van der Waals surface area contributed by atoms with E-state index in [-0.39, 0.29) is 6.04 Å². The van der Waals surface area contributed by atoms with Crippen LogP contribution >= 0.6 is 0 Å². The molecular weight excluding hydrogens is 178 g/mol. The van der Waals surface area contributed by atoms with Crippen LogP contribution in [0.4, 0.5) is 0 Å². The second-order valence-electron chi connectivity index (χ2n) is 4.43. The molecule has 1 aliphatic rings. The molecular formula is C10H21N3O. The van der Waals surface area contributed by atoms with Gasteiger partial charge in [0.25, 0.3) is 0 Å². The molecule has 1 saturated carbocycles. The van der Waals surface area contributed by atoms with Crippen LogP contribution in [-0.2, 0) is 0 Å². The molecule has 0 saturated heterocycles. The summed E-state index contributed by atoms with van der Waals surface area (Å²) in [4.78, 5) is 2.28. The number of rotatable bonds is 5. The molecule has 3 N–H and O–H groups in total. The third kappa shape index (κ3) is 2.87. The van der Waals surface area contributed by atoms with Crippen molar-refractivity contribution in [1.82, 2.24) is 4.90 Å². The van der Waals surface area contributed by atoms with Crippen LogP contribution in [0.5, 0.6) is 0 Å². The minimum Gasteiger partial charge on any atom is -0.409 e.